The Morgan fingerprint density at radius 2 is 1.73 bits per heavy atom. The summed E-state index contributed by atoms with van der Waals surface area (Å²) in [5.41, 5.74) is 1.86. The van der Waals surface area contributed by atoms with E-state index in [-0.39, 0.29) is 11.8 Å². The van der Waals surface area contributed by atoms with Crippen LogP contribution in [0.15, 0.2) is 12.1 Å². The zero-order valence-corrected chi connectivity index (χ0v) is 8.37. The molecule has 1 aromatic carbocycles. The Kier molecular flexibility index (Phi) is 1.83. The highest BCUT2D eigenvalue weighted by Gasteiger charge is 2.33. The lowest BCUT2D eigenvalue weighted by molar-refractivity contribution is 0.0693. The molecule has 0 fully saturated rings. The van der Waals surface area contributed by atoms with Crippen molar-refractivity contribution in [2.75, 3.05) is 7.05 Å². The molecule has 0 saturated carbocycles. The van der Waals surface area contributed by atoms with E-state index in [9.17, 15) is 9.59 Å². The van der Waals surface area contributed by atoms with Gasteiger partial charge in [0.05, 0.1) is 22.8 Å². The molecule has 0 bridgehead atoms. The van der Waals surface area contributed by atoms with Gasteiger partial charge in [0.25, 0.3) is 11.8 Å². The molecule has 1 aliphatic heterocycles. The van der Waals surface area contributed by atoms with E-state index in [1.54, 1.807) is 13.0 Å². The molecule has 15 heavy (non-hydrogen) atoms. The van der Waals surface area contributed by atoms with Gasteiger partial charge in [-0.1, -0.05) is 0 Å². The summed E-state index contributed by atoms with van der Waals surface area (Å²) < 4.78 is 0. The van der Waals surface area contributed by atoms with Crippen molar-refractivity contribution in [3.8, 4) is 6.07 Å². The van der Waals surface area contributed by atoms with Crippen LogP contribution in [0.2, 0.25) is 0 Å². The zero-order chi connectivity index (χ0) is 11.2. The van der Waals surface area contributed by atoms with Crippen molar-refractivity contribution in [2.45, 2.75) is 6.92 Å². The molecule has 4 nitrogen and oxygen atoms in total. The summed E-state index contributed by atoms with van der Waals surface area (Å²) in [4.78, 5) is 24.2. The molecule has 0 unspecified atom stereocenters. The summed E-state index contributed by atoms with van der Waals surface area (Å²) in [6.07, 6.45) is 0. The van der Waals surface area contributed by atoms with Gasteiger partial charge in [-0.15, -0.1) is 0 Å². The van der Waals surface area contributed by atoms with Crippen molar-refractivity contribution >= 4 is 11.8 Å². The van der Waals surface area contributed by atoms with Crippen molar-refractivity contribution in [1.29, 1.82) is 5.26 Å². The molecule has 4 heteroatoms. The molecule has 0 aliphatic carbocycles. The van der Waals surface area contributed by atoms with Gasteiger partial charge in [-0.2, -0.15) is 5.26 Å². The second-order valence-electron chi connectivity index (χ2n) is 3.49. The fraction of sp³-hybridized carbons (Fsp3) is 0.182. The second kappa shape index (κ2) is 2.92. The first-order valence-electron chi connectivity index (χ1n) is 4.43. The number of nitrogens with zero attached hydrogens (tertiary/aromatic N) is 2. The summed E-state index contributed by atoms with van der Waals surface area (Å²) in [6.45, 7) is 1.74. The van der Waals surface area contributed by atoms with Crippen LogP contribution in [0.5, 0.6) is 0 Å². The molecule has 1 aromatic rings. The maximum Gasteiger partial charge on any atom is 0.261 e. The number of benzene rings is 1. The van der Waals surface area contributed by atoms with Crippen LogP contribution in [-0.4, -0.2) is 23.8 Å². The van der Waals surface area contributed by atoms with Crippen LogP contribution in [-0.2, 0) is 0 Å². The Morgan fingerprint density at radius 1 is 1.20 bits per heavy atom. The highest BCUT2D eigenvalue weighted by atomic mass is 16.2. The van der Waals surface area contributed by atoms with Crippen LogP contribution >= 0.6 is 0 Å². The largest absolute Gasteiger partial charge is 0.277 e. The van der Waals surface area contributed by atoms with Gasteiger partial charge in [0.15, 0.2) is 0 Å². The number of carbonyl (C=O) groups excluding carboxylic acids is 2. The third-order valence-electron chi connectivity index (χ3n) is 2.56. The minimum Gasteiger partial charge on any atom is -0.277 e. The molecule has 0 radical (unpaired) electrons. The molecule has 1 aliphatic rings. The van der Waals surface area contributed by atoms with E-state index >= 15 is 0 Å². The predicted octanol–water partition coefficient (Wildman–Crippen LogP) is 1.09. The lowest BCUT2D eigenvalue weighted by atomic mass is 10.0. The second-order valence-corrected chi connectivity index (χ2v) is 3.49. The summed E-state index contributed by atoms with van der Waals surface area (Å²) in [5.74, 6) is -0.644. The van der Waals surface area contributed by atoms with E-state index in [0.717, 1.165) is 4.90 Å². The fourth-order valence-corrected chi connectivity index (χ4v) is 1.64. The molecule has 0 aromatic heterocycles. The van der Waals surface area contributed by atoms with Gasteiger partial charge in [-0.25, -0.2) is 0 Å². The summed E-state index contributed by atoms with van der Waals surface area (Å²) in [7, 11) is 1.44. The molecule has 74 valence electrons. The number of imide groups is 1. The van der Waals surface area contributed by atoms with Gasteiger partial charge in [0.2, 0.25) is 0 Å². The highest BCUT2D eigenvalue weighted by Crippen LogP contribution is 2.24. The SMILES string of the molecule is Cc1cc2c(cc1C#N)C(=O)N(C)C2=O. The zero-order valence-electron chi connectivity index (χ0n) is 8.37. The Bertz CT molecular complexity index is 526. The Labute approximate surface area is 86.7 Å². The van der Waals surface area contributed by atoms with Gasteiger partial charge in [0.1, 0.15) is 0 Å². The fourth-order valence-electron chi connectivity index (χ4n) is 1.64. The number of hydrogen-bond acceptors (Lipinski definition) is 3. The van der Waals surface area contributed by atoms with E-state index in [4.69, 9.17) is 5.26 Å². The van der Waals surface area contributed by atoms with E-state index in [2.05, 4.69) is 0 Å². The molecule has 0 N–H and O–H groups in total. The van der Waals surface area contributed by atoms with Crippen LogP contribution in [0.4, 0.5) is 0 Å². The minimum absolute atomic E-state index is 0.303. The van der Waals surface area contributed by atoms with Crippen LogP contribution < -0.4 is 0 Å². The number of hydrogen-bond donors (Lipinski definition) is 0. The third kappa shape index (κ3) is 1.13. The molecule has 2 rings (SSSR count). The van der Waals surface area contributed by atoms with Gasteiger partial charge in [-0.05, 0) is 24.6 Å². The molecule has 0 spiro atoms. The number of aryl methyl sites for hydroxylation is 1. The van der Waals surface area contributed by atoms with Crippen molar-refractivity contribution in [1.82, 2.24) is 4.90 Å². The topological polar surface area (TPSA) is 61.2 Å². The van der Waals surface area contributed by atoms with Crippen molar-refractivity contribution in [3.63, 3.8) is 0 Å². The standard InChI is InChI=1S/C11H8N2O2/c1-6-3-8-9(4-7(6)5-12)11(15)13(2)10(8)14/h3-4H,1-2H3. The first-order chi connectivity index (χ1) is 7.06. The van der Waals surface area contributed by atoms with Crippen LogP contribution in [0.25, 0.3) is 0 Å². The Hall–Kier alpha value is -2.15. The van der Waals surface area contributed by atoms with Gasteiger partial charge >= 0.3 is 0 Å². The van der Waals surface area contributed by atoms with Gasteiger partial charge in [0, 0.05) is 7.05 Å². The van der Waals surface area contributed by atoms with Crippen LogP contribution in [0.1, 0.15) is 31.8 Å². The molecule has 2 amide bonds. The monoisotopic (exact) mass is 200 g/mol. The first kappa shape index (κ1) is 9.41. The van der Waals surface area contributed by atoms with Crippen LogP contribution in [0, 0.1) is 18.3 Å². The lowest BCUT2D eigenvalue weighted by Crippen LogP contribution is -2.24. The van der Waals surface area contributed by atoms with Crippen LogP contribution in [0.3, 0.4) is 0 Å². The van der Waals surface area contributed by atoms with E-state index in [1.807, 2.05) is 6.07 Å². The maximum atomic E-state index is 11.6. The van der Waals surface area contributed by atoms with E-state index in [1.165, 1.54) is 13.1 Å². The lowest BCUT2D eigenvalue weighted by Gasteiger charge is -2.02. The van der Waals surface area contributed by atoms with Gasteiger partial charge < -0.3 is 0 Å². The molecule has 0 saturated heterocycles. The van der Waals surface area contributed by atoms with E-state index < -0.39 is 0 Å². The number of fused-ring (bicyclic) bond motifs is 1. The summed E-state index contributed by atoms with van der Waals surface area (Å²) in [6, 6.07) is 5.07. The van der Waals surface area contributed by atoms with Crippen molar-refractivity contribution < 1.29 is 9.59 Å². The third-order valence-corrected chi connectivity index (χ3v) is 2.56. The molecular weight excluding hydrogens is 192 g/mol. The number of carbonyl (C=O) groups is 2. The normalized spacial score (nSPS) is 14.1. The minimum atomic E-state index is -0.341. The number of amides is 2. The number of nitriles is 1. The molecule has 1 heterocycles. The quantitative estimate of drug-likeness (QED) is 0.589. The maximum absolute atomic E-state index is 11.6. The smallest absolute Gasteiger partial charge is 0.261 e. The summed E-state index contributed by atoms with van der Waals surface area (Å²) in [5, 5.41) is 8.81. The Balaban J connectivity index is 2.73. The van der Waals surface area contributed by atoms with Gasteiger partial charge in [-0.3, -0.25) is 14.5 Å². The molecular formula is C11H8N2O2. The highest BCUT2D eigenvalue weighted by molar-refractivity contribution is 6.21. The van der Waals surface area contributed by atoms with Crippen molar-refractivity contribution in [3.05, 3.63) is 34.4 Å². The van der Waals surface area contributed by atoms with Crippen molar-refractivity contribution in [2.24, 2.45) is 0 Å². The first-order valence-corrected chi connectivity index (χ1v) is 4.43. The van der Waals surface area contributed by atoms with E-state index in [0.29, 0.717) is 22.3 Å². The predicted molar refractivity (Wildman–Crippen MR) is 52.3 cm³/mol. The average Bonchev–Trinajstić information content (AvgIpc) is 2.43. The molecule has 0 atom stereocenters. The summed E-state index contributed by atoms with van der Waals surface area (Å²) >= 11 is 0. The Morgan fingerprint density at radius 3 is 2.27 bits per heavy atom. The average molecular weight is 200 g/mol. The number of rotatable bonds is 0.